The fraction of sp³-hybridized carbons (Fsp3) is 0.200. The molecule has 5 heteroatoms. The van der Waals surface area contributed by atoms with Gasteiger partial charge < -0.3 is 15.8 Å². The summed E-state index contributed by atoms with van der Waals surface area (Å²) in [6.45, 7) is 2.71. The molecule has 0 atom stereocenters. The molecule has 0 aliphatic carbocycles. The number of benzene rings is 1. The van der Waals surface area contributed by atoms with Crippen LogP contribution >= 0.6 is 12.2 Å². The smallest absolute Gasteiger partial charge is 0.120 e. The van der Waals surface area contributed by atoms with Crippen LogP contribution in [0, 0.1) is 6.92 Å². The van der Waals surface area contributed by atoms with E-state index in [1.54, 1.807) is 13.3 Å². The van der Waals surface area contributed by atoms with Crippen LogP contribution in [0.15, 0.2) is 36.7 Å². The van der Waals surface area contributed by atoms with Gasteiger partial charge in [-0.05, 0) is 36.2 Å². The Balaban J connectivity index is 2.24. The van der Waals surface area contributed by atoms with E-state index in [2.05, 4.69) is 17.2 Å². The van der Waals surface area contributed by atoms with Crippen molar-refractivity contribution in [2.45, 2.75) is 13.5 Å². The van der Waals surface area contributed by atoms with E-state index < -0.39 is 0 Å². The molecule has 0 bridgehead atoms. The molecule has 2 rings (SSSR count). The lowest BCUT2D eigenvalue weighted by Crippen LogP contribution is -2.13. The normalized spacial score (nSPS) is 10.1. The van der Waals surface area contributed by atoms with E-state index in [4.69, 9.17) is 22.7 Å². The number of thiocarbonyl (C=S) groups is 1. The van der Waals surface area contributed by atoms with Gasteiger partial charge in [-0.15, -0.1) is 0 Å². The second-order valence-electron chi connectivity index (χ2n) is 4.43. The van der Waals surface area contributed by atoms with Crippen LogP contribution in [0.5, 0.6) is 5.75 Å². The number of ether oxygens (including phenoxy) is 1. The summed E-state index contributed by atoms with van der Waals surface area (Å²) >= 11 is 5.07. The highest BCUT2D eigenvalue weighted by Crippen LogP contribution is 2.23. The molecule has 0 amide bonds. The van der Waals surface area contributed by atoms with E-state index in [1.165, 1.54) is 5.56 Å². The minimum atomic E-state index is 0.359. The lowest BCUT2D eigenvalue weighted by Gasteiger charge is -2.13. The van der Waals surface area contributed by atoms with Crippen molar-refractivity contribution in [3.05, 3.63) is 53.3 Å². The Bertz CT molecular complexity index is 628. The van der Waals surface area contributed by atoms with Crippen LogP contribution in [0.25, 0.3) is 0 Å². The molecule has 1 heterocycles. The van der Waals surface area contributed by atoms with E-state index in [0.717, 1.165) is 22.6 Å². The van der Waals surface area contributed by atoms with E-state index in [0.29, 0.717) is 11.5 Å². The summed E-state index contributed by atoms with van der Waals surface area (Å²) in [5.41, 5.74) is 9.73. The SMILES string of the molecule is COc1ccc(C(N)=S)c(NCc2cnccc2C)c1. The monoisotopic (exact) mass is 287 g/mol. The lowest BCUT2D eigenvalue weighted by atomic mass is 10.1. The zero-order valence-electron chi connectivity index (χ0n) is 11.5. The highest BCUT2D eigenvalue weighted by atomic mass is 32.1. The molecule has 20 heavy (non-hydrogen) atoms. The topological polar surface area (TPSA) is 60.2 Å². The molecule has 0 aliphatic rings. The Morgan fingerprint density at radius 1 is 1.40 bits per heavy atom. The van der Waals surface area contributed by atoms with Crippen LogP contribution in [0.3, 0.4) is 0 Å². The van der Waals surface area contributed by atoms with Gasteiger partial charge in [0.25, 0.3) is 0 Å². The largest absolute Gasteiger partial charge is 0.497 e. The number of hydrogen-bond acceptors (Lipinski definition) is 4. The third kappa shape index (κ3) is 3.24. The van der Waals surface area contributed by atoms with E-state index in [-0.39, 0.29) is 0 Å². The molecule has 2 aromatic rings. The van der Waals surface area contributed by atoms with E-state index in [9.17, 15) is 0 Å². The maximum absolute atomic E-state index is 5.74. The molecule has 3 N–H and O–H groups in total. The first-order valence-electron chi connectivity index (χ1n) is 6.23. The van der Waals surface area contributed by atoms with Gasteiger partial charge in [-0.3, -0.25) is 4.98 Å². The zero-order chi connectivity index (χ0) is 14.5. The van der Waals surface area contributed by atoms with Gasteiger partial charge in [-0.25, -0.2) is 0 Å². The summed E-state index contributed by atoms with van der Waals surface area (Å²) in [6.07, 6.45) is 3.63. The van der Waals surface area contributed by atoms with Crippen molar-refractivity contribution in [2.75, 3.05) is 12.4 Å². The van der Waals surface area contributed by atoms with Gasteiger partial charge in [-0.2, -0.15) is 0 Å². The van der Waals surface area contributed by atoms with Crippen LogP contribution in [0.4, 0.5) is 5.69 Å². The summed E-state index contributed by atoms with van der Waals surface area (Å²) in [5, 5.41) is 3.34. The van der Waals surface area contributed by atoms with E-state index in [1.807, 2.05) is 30.5 Å². The van der Waals surface area contributed by atoms with Gasteiger partial charge in [-0.1, -0.05) is 12.2 Å². The van der Waals surface area contributed by atoms with Crippen LogP contribution in [0.1, 0.15) is 16.7 Å². The van der Waals surface area contributed by atoms with Gasteiger partial charge in [0.2, 0.25) is 0 Å². The van der Waals surface area contributed by atoms with Crippen molar-refractivity contribution in [2.24, 2.45) is 5.73 Å². The standard InChI is InChI=1S/C15H17N3OS/c1-10-5-6-17-8-11(10)9-18-14-7-12(19-2)3-4-13(14)15(16)20/h3-8,18H,9H2,1-2H3,(H2,16,20). The molecule has 1 aromatic carbocycles. The zero-order valence-corrected chi connectivity index (χ0v) is 12.3. The third-order valence-corrected chi connectivity index (χ3v) is 3.33. The lowest BCUT2D eigenvalue weighted by molar-refractivity contribution is 0.415. The van der Waals surface area contributed by atoms with Gasteiger partial charge in [0.05, 0.1) is 7.11 Å². The van der Waals surface area contributed by atoms with Crippen LogP contribution in [-0.2, 0) is 6.54 Å². The molecule has 0 fully saturated rings. The number of nitrogens with one attached hydrogen (secondary N) is 1. The minimum absolute atomic E-state index is 0.359. The molecule has 0 spiro atoms. The quantitative estimate of drug-likeness (QED) is 0.828. The molecule has 1 aromatic heterocycles. The average Bonchev–Trinajstić information content (AvgIpc) is 2.46. The van der Waals surface area contributed by atoms with Gasteiger partial charge in [0, 0.05) is 36.3 Å². The molecule has 0 aliphatic heterocycles. The average molecular weight is 287 g/mol. The summed E-state index contributed by atoms with van der Waals surface area (Å²) < 4.78 is 5.23. The predicted molar refractivity (Wildman–Crippen MR) is 85.2 cm³/mol. The van der Waals surface area contributed by atoms with Gasteiger partial charge in [0.1, 0.15) is 10.7 Å². The van der Waals surface area contributed by atoms with Crippen molar-refractivity contribution in [3.8, 4) is 5.75 Å². The second kappa shape index (κ2) is 6.34. The number of nitrogens with zero attached hydrogens (tertiary/aromatic N) is 1. The number of pyridine rings is 1. The Morgan fingerprint density at radius 2 is 2.20 bits per heavy atom. The number of rotatable bonds is 5. The van der Waals surface area contributed by atoms with Gasteiger partial charge >= 0.3 is 0 Å². The van der Waals surface area contributed by atoms with Gasteiger partial charge in [0.15, 0.2) is 0 Å². The first-order valence-corrected chi connectivity index (χ1v) is 6.64. The number of aromatic nitrogens is 1. The highest BCUT2D eigenvalue weighted by molar-refractivity contribution is 7.80. The molecule has 0 saturated carbocycles. The summed E-state index contributed by atoms with van der Waals surface area (Å²) in [5.74, 6) is 0.760. The van der Waals surface area contributed by atoms with Crippen LogP contribution < -0.4 is 15.8 Å². The Kier molecular flexibility index (Phi) is 4.53. The molecule has 0 saturated heterocycles. The number of nitrogens with two attached hydrogens (primary N) is 1. The fourth-order valence-electron chi connectivity index (χ4n) is 1.88. The molecule has 104 valence electrons. The van der Waals surface area contributed by atoms with Crippen molar-refractivity contribution >= 4 is 22.9 Å². The fourth-order valence-corrected chi connectivity index (χ4v) is 2.06. The molecule has 4 nitrogen and oxygen atoms in total. The van der Waals surface area contributed by atoms with Crippen LogP contribution in [0.2, 0.25) is 0 Å². The number of hydrogen-bond donors (Lipinski definition) is 2. The second-order valence-corrected chi connectivity index (χ2v) is 4.87. The minimum Gasteiger partial charge on any atom is -0.497 e. The third-order valence-electron chi connectivity index (χ3n) is 3.11. The van der Waals surface area contributed by atoms with Crippen molar-refractivity contribution in [1.82, 2.24) is 4.98 Å². The summed E-state index contributed by atoms with van der Waals surface area (Å²) in [6, 6.07) is 7.58. The predicted octanol–water partition coefficient (Wildman–Crippen LogP) is 2.64. The van der Waals surface area contributed by atoms with Crippen LogP contribution in [-0.4, -0.2) is 17.1 Å². The maximum atomic E-state index is 5.74. The molecular formula is C15H17N3OS. The maximum Gasteiger partial charge on any atom is 0.120 e. The summed E-state index contributed by atoms with van der Waals surface area (Å²) in [4.78, 5) is 4.49. The molecule has 0 radical (unpaired) electrons. The number of anilines is 1. The van der Waals surface area contributed by atoms with Crippen molar-refractivity contribution in [3.63, 3.8) is 0 Å². The Labute approximate surface area is 124 Å². The molecule has 0 unspecified atom stereocenters. The number of aryl methyl sites for hydroxylation is 1. The molecular weight excluding hydrogens is 270 g/mol. The first-order chi connectivity index (χ1) is 9.61. The van der Waals surface area contributed by atoms with Crippen molar-refractivity contribution in [1.29, 1.82) is 0 Å². The Hall–Kier alpha value is -2.14. The highest BCUT2D eigenvalue weighted by Gasteiger charge is 2.07. The van der Waals surface area contributed by atoms with Crippen molar-refractivity contribution < 1.29 is 4.74 Å². The first kappa shape index (κ1) is 14.3. The van der Waals surface area contributed by atoms with E-state index >= 15 is 0 Å². The summed E-state index contributed by atoms with van der Waals surface area (Å²) in [7, 11) is 1.63. The number of methoxy groups -OCH3 is 1. The Morgan fingerprint density at radius 3 is 2.85 bits per heavy atom.